The Bertz CT molecular complexity index is 359. The average Bonchev–Trinajstić information content (AvgIpc) is 2.31. The molecule has 0 saturated carbocycles. The third-order valence-electron chi connectivity index (χ3n) is 3.21. The molecular formula is C12H19N3S. The van der Waals surface area contributed by atoms with Crippen molar-refractivity contribution in [3.8, 4) is 0 Å². The fourth-order valence-corrected chi connectivity index (χ4v) is 2.23. The van der Waals surface area contributed by atoms with Crippen LogP contribution < -0.4 is 9.62 Å². The van der Waals surface area contributed by atoms with Gasteiger partial charge in [0.25, 0.3) is 0 Å². The molecule has 0 aromatic heterocycles. The molecule has 0 atom stereocenters. The van der Waals surface area contributed by atoms with E-state index in [2.05, 4.69) is 59.5 Å². The maximum absolute atomic E-state index is 4.13. The van der Waals surface area contributed by atoms with Gasteiger partial charge in [-0.15, -0.1) is 0 Å². The van der Waals surface area contributed by atoms with Crippen LogP contribution in [-0.2, 0) is 0 Å². The third-order valence-corrected chi connectivity index (χ3v) is 3.45. The zero-order valence-electron chi connectivity index (χ0n) is 9.90. The number of aryl methyl sites for hydroxylation is 1. The van der Waals surface area contributed by atoms with Crippen molar-refractivity contribution in [2.75, 3.05) is 42.8 Å². The molecule has 1 N–H and O–H groups in total. The normalized spacial score (nSPS) is 17.6. The number of rotatable bonds is 2. The van der Waals surface area contributed by atoms with E-state index in [0.29, 0.717) is 0 Å². The first-order valence-corrected chi connectivity index (χ1v) is 6.09. The maximum Gasteiger partial charge on any atom is 0.0487 e. The Kier molecular flexibility index (Phi) is 3.61. The van der Waals surface area contributed by atoms with Gasteiger partial charge >= 0.3 is 0 Å². The number of piperazine rings is 1. The van der Waals surface area contributed by atoms with E-state index in [-0.39, 0.29) is 0 Å². The van der Waals surface area contributed by atoms with Crippen molar-refractivity contribution in [1.29, 1.82) is 0 Å². The lowest BCUT2D eigenvalue weighted by Gasteiger charge is -2.34. The van der Waals surface area contributed by atoms with Crippen LogP contribution in [-0.4, -0.2) is 38.1 Å². The Labute approximate surface area is 103 Å². The van der Waals surface area contributed by atoms with Crippen molar-refractivity contribution in [2.45, 2.75) is 6.92 Å². The molecule has 4 heteroatoms. The minimum Gasteiger partial charge on any atom is -0.369 e. The highest BCUT2D eigenvalue weighted by Crippen LogP contribution is 2.24. The Hall–Kier alpha value is -0.870. The Balaban J connectivity index is 2.14. The first-order chi connectivity index (χ1) is 7.70. The molecule has 1 aliphatic rings. The summed E-state index contributed by atoms with van der Waals surface area (Å²) >= 11 is 4.13. The van der Waals surface area contributed by atoms with Crippen LogP contribution in [0.15, 0.2) is 18.2 Å². The van der Waals surface area contributed by atoms with Crippen molar-refractivity contribution in [2.24, 2.45) is 0 Å². The molecule has 1 fully saturated rings. The summed E-state index contributed by atoms with van der Waals surface area (Å²) in [4.78, 5) is 4.79. The molecule has 0 radical (unpaired) electrons. The van der Waals surface area contributed by atoms with E-state index in [9.17, 15) is 0 Å². The van der Waals surface area contributed by atoms with Gasteiger partial charge in [0.1, 0.15) is 0 Å². The second kappa shape index (κ2) is 4.97. The Morgan fingerprint density at radius 1 is 1.19 bits per heavy atom. The van der Waals surface area contributed by atoms with E-state index < -0.39 is 0 Å². The van der Waals surface area contributed by atoms with Crippen molar-refractivity contribution in [1.82, 2.24) is 4.90 Å². The number of benzene rings is 1. The molecule has 88 valence electrons. The van der Waals surface area contributed by atoms with E-state index >= 15 is 0 Å². The second-order valence-corrected chi connectivity index (χ2v) is 4.62. The molecule has 0 spiro atoms. The van der Waals surface area contributed by atoms with Crippen LogP contribution in [0.1, 0.15) is 5.56 Å². The van der Waals surface area contributed by atoms with E-state index in [1.807, 2.05) is 0 Å². The van der Waals surface area contributed by atoms with Gasteiger partial charge in [0.05, 0.1) is 0 Å². The largest absolute Gasteiger partial charge is 0.369 e. The molecule has 0 bridgehead atoms. The molecule has 1 aliphatic heterocycles. The topological polar surface area (TPSA) is 18.5 Å². The first-order valence-electron chi connectivity index (χ1n) is 5.65. The molecule has 1 aromatic rings. The summed E-state index contributed by atoms with van der Waals surface area (Å²) in [5.74, 6) is 0. The highest BCUT2D eigenvalue weighted by Gasteiger charge is 2.14. The number of likely N-dealkylation sites (N-methyl/N-ethyl adjacent to an activating group) is 1. The summed E-state index contributed by atoms with van der Waals surface area (Å²) in [6, 6.07) is 6.51. The van der Waals surface area contributed by atoms with E-state index in [1.54, 1.807) is 0 Å². The summed E-state index contributed by atoms with van der Waals surface area (Å²) in [7, 11) is 2.17. The Morgan fingerprint density at radius 2 is 1.88 bits per heavy atom. The van der Waals surface area contributed by atoms with Gasteiger partial charge < -0.3 is 14.5 Å². The second-order valence-electron chi connectivity index (χ2n) is 4.40. The van der Waals surface area contributed by atoms with Gasteiger partial charge in [-0.25, -0.2) is 0 Å². The highest BCUT2D eigenvalue weighted by molar-refractivity contribution is 7.81. The van der Waals surface area contributed by atoms with Gasteiger partial charge in [0.15, 0.2) is 0 Å². The summed E-state index contributed by atoms with van der Waals surface area (Å²) in [5.41, 5.74) is 3.61. The zero-order chi connectivity index (χ0) is 11.5. The average molecular weight is 237 g/mol. The predicted molar refractivity (Wildman–Crippen MR) is 73.5 cm³/mol. The summed E-state index contributed by atoms with van der Waals surface area (Å²) in [5, 5.41) is 0. The number of nitrogens with zero attached hydrogens (tertiary/aromatic N) is 2. The van der Waals surface area contributed by atoms with Crippen LogP contribution >= 0.6 is 12.8 Å². The highest BCUT2D eigenvalue weighted by atomic mass is 32.1. The van der Waals surface area contributed by atoms with Crippen LogP contribution in [0.25, 0.3) is 0 Å². The molecule has 0 amide bonds. The lowest BCUT2D eigenvalue weighted by molar-refractivity contribution is 0.313. The van der Waals surface area contributed by atoms with E-state index in [0.717, 1.165) is 31.9 Å². The van der Waals surface area contributed by atoms with Crippen molar-refractivity contribution >= 4 is 24.2 Å². The molecule has 1 aromatic carbocycles. The van der Waals surface area contributed by atoms with Crippen LogP contribution in [0.4, 0.5) is 11.4 Å². The molecule has 2 rings (SSSR count). The minimum absolute atomic E-state index is 1.10. The number of thiol groups is 1. The van der Waals surface area contributed by atoms with Gasteiger partial charge in [0.2, 0.25) is 0 Å². The quantitative estimate of drug-likeness (QED) is 0.767. The van der Waals surface area contributed by atoms with Crippen LogP contribution in [0.2, 0.25) is 0 Å². The molecule has 0 aliphatic carbocycles. The first kappa shape index (κ1) is 11.6. The lowest BCUT2D eigenvalue weighted by Crippen LogP contribution is -2.44. The zero-order valence-corrected chi connectivity index (χ0v) is 10.8. The standard InChI is InChI=1S/C12H19N3S/c1-10-3-4-11(9-12(10)13-16)15-7-5-14(2)6-8-15/h3-4,9,13,16H,5-8H2,1-2H3. The van der Waals surface area contributed by atoms with E-state index in [1.165, 1.54) is 11.3 Å². The fourth-order valence-electron chi connectivity index (χ4n) is 1.99. The predicted octanol–water partition coefficient (Wildman–Crippen LogP) is 2.00. The molecule has 1 heterocycles. The van der Waals surface area contributed by atoms with Gasteiger partial charge in [-0.3, -0.25) is 0 Å². The third kappa shape index (κ3) is 2.44. The van der Waals surface area contributed by atoms with Crippen molar-refractivity contribution in [3.63, 3.8) is 0 Å². The smallest absolute Gasteiger partial charge is 0.0487 e. The van der Waals surface area contributed by atoms with Crippen LogP contribution in [0.5, 0.6) is 0 Å². The maximum atomic E-state index is 4.13. The van der Waals surface area contributed by atoms with Gasteiger partial charge in [0, 0.05) is 37.6 Å². The fraction of sp³-hybridized carbons (Fsp3) is 0.500. The molecule has 1 saturated heterocycles. The van der Waals surface area contributed by atoms with Gasteiger partial charge in [-0.05, 0) is 31.7 Å². The molecular weight excluding hydrogens is 218 g/mol. The number of anilines is 2. The summed E-state index contributed by atoms with van der Waals surface area (Å²) in [6.07, 6.45) is 0. The van der Waals surface area contributed by atoms with Crippen LogP contribution in [0.3, 0.4) is 0 Å². The summed E-state index contributed by atoms with van der Waals surface area (Å²) in [6.45, 7) is 6.57. The van der Waals surface area contributed by atoms with Crippen LogP contribution in [0, 0.1) is 6.92 Å². The SMILES string of the molecule is Cc1ccc(N2CCN(C)CC2)cc1NS. The van der Waals surface area contributed by atoms with Crippen molar-refractivity contribution < 1.29 is 0 Å². The minimum atomic E-state index is 1.10. The number of nitrogens with one attached hydrogen (secondary N) is 1. The molecule has 3 nitrogen and oxygen atoms in total. The van der Waals surface area contributed by atoms with E-state index in [4.69, 9.17) is 0 Å². The molecule has 0 unspecified atom stereocenters. The lowest BCUT2D eigenvalue weighted by atomic mass is 10.1. The summed E-state index contributed by atoms with van der Waals surface area (Å²) < 4.78 is 2.94. The van der Waals surface area contributed by atoms with Crippen molar-refractivity contribution in [3.05, 3.63) is 23.8 Å². The van der Waals surface area contributed by atoms with Gasteiger partial charge in [-0.1, -0.05) is 18.9 Å². The van der Waals surface area contributed by atoms with Gasteiger partial charge in [-0.2, -0.15) is 0 Å². The molecule has 16 heavy (non-hydrogen) atoms. The number of hydrogen-bond acceptors (Lipinski definition) is 4. The number of hydrogen-bond donors (Lipinski definition) is 2. The monoisotopic (exact) mass is 237 g/mol. The Morgan fingerprint density at radius 3 is 2.50 bits per heavy atom.